The molecular formula is C15H21BrClNO. The van der Waals surface area contributed by atoms with Crippen LogP contribution in [0.4, 0.5) is 0 Å². The Bertz CT molecular complexity index is 407. The van der Waals surface area contributed by atoms with Gasteiger partial charge in [0, 0.05) is 35.0 Å². The van der Waals surface area contributed by atoms with Crippen molar-refractivity contribution >= 4 is 27.5 Å². The minimum absolute atomic E-state index is 0.709. The first-order valence-electron chi connectivity index (χ1n) is 6.87. The summed E-state index contributed by atoms with van der Waals surface area (Å²) in [6.07, 6.45) is 5.35. The van der Waals surface area contributed by atoms with Crippen LogP contribution in [0.3, 0.4) is 0 Å². The number of ether oxygens (including phenoxy) is 1. The van der Waals surface area contributed by atoms with Gasteiger partial charge in [-0.25, -0.2) is 0 Å². The standard InChI is InChI=1S/C15H21BrClNO/c1-19-15-7-6-13(17)10-12(15)11-18(9-8-16)14-4-2-3-5-14/h6-7,10,14H,2-5,8-9,11H2,1H3. The fourth-order valence-corrected chi connectivity index (χ4v) is 3.51. The molecule has 2 nitrogen and oxygen atoms in total. The van der Waals surface area contributed by atoms with Gasteiger partial charge in [0.25, 0.3) is 0 Å². The van der Waals surface area contributed by atoms with E-state index in [4.69, 9.17) is 16.3 Å². The number of halogens is 2. The predicted octanol–water partition coefficient (Wildman–Crippen LogP) is 4.49. The lowest BCUT2D eigenvalue weighted by molar-refractivity contribution is 0.200. The van der Waals surface area contributed by atoms with Crippen LogP contribution in [-0.2, 0) is 6.54 Å². The third-order valence-electron chi connectivity index (χ3n) is 3.83. The SMILES string of the molecule is COc1ccc(Cl)cc1CN(CCBr)C1CCCC1. The second kappa shape index (κ2) is 7.51. The molecule has 0 saturated heterocycles. The molecular weight excluding hydrogens is 326 g/mol. The van der Waals surface area contributed by atoms with E-state index in [-0.39, 0.29) is 0 Å². The summed E-state index contributed by atoms with van der Waals surface area (Å²) < 4.78 is 5.44. The Morgan fingerprint density at radius 2 is 2.11 bits per heavy atom. The third-order valence-corrected chi connectivity index (χ3v) is 4.42. The molecule has 0 spiro atoms. The summed E-state index contributed by atoms with van der Waals surface area (Å²) in [7, 11) is 1.72. The van der Waals surface area contributed by atoms with E-state index in [1.807, 2.05) is 18.2 Å². The lowest BCUT2D eigenvalue weighted by atomic mass is 10.1. The van der Waals surface area contributed by atoms with Crippen molar-refractivity contribution in [1.29, 1.82) is 0 Å². The van der Waals surface area contributed by atoms with Gasteiger partial charge in [-0.2, -0.15) is 0 Å². The zero-order chi connectivity index (χ0) is 13.7. The molecule has 1 aromatic rings. The molecule has 106 valence electrons. The zero-order valence-corrected chi connectivity index (χ0v) is 13.7. The molecule has 0 aliphatic heterocycles. The van der Waals surface area contributed by atoms with Crippen molar-refractivity contribution in [2.24, 2.45) is 0 Å². The van der Waals surface area contributed by atoms with E-state index >= 15 is 0 Å². The van der Waals surface area contributed by atoms with Gasteiger partial charge in [-0.05, 0) is 31.0 Å². The Kier molecular flexibility index (Phi) is 5.99. The summed E-state index contributed by atoms with van der Waals surface area (Å²) in [5.41, 5.74) is 1.18. The molecule has 0 radical (unpaired) electrons. The first-order chi connectivity index (χ1) is 9.24. The fraction of sp³-hybridized carbons (Fsp3) is 0.600. The molecule has 19 heavy (non-hydrogen) atoms. The Hall–Kier alpha value is -0.250. The fourth-order valence-electron chi connectivity index (χ4n) is 2.86. The van der Waals surface area contributed by atoms with Crippen LogP contribution in [0.15, 0.2) is 18.2 Å². The van der Waals surface area contributed by atoms with Gasteiger partial charge in [0.1, 0.15) is 5.75 Å². The lowest BCUT2D eigenvalue weighted by Crippen LogP contribution is -2.34. The van der Waals surface area contributed by atoms with Crippen molar-refractivity contribution in [1.82, 2.24) is 4.90 Å². The molecule has 1 aromatic carbocycles. The molecule has 0 heterocycles. The minimum atomic E-state index is 0.709. The van der Waals surface area contributed by atoms with Crippen LogP contribution in [-0.4, -0.2) is 29.9 Å². The summed E-state index contributed by atoms with van der Waals surface area (Å²) in [4.78, 5) is 2.55. The summed E-state index contributed by atoms with van der Waals surface area (Å²) in [6.45, 7) is 1.99. The molecule has 2 rings (SSSR count). The summed E-state index contributed by atoms with van der Waals surface area (Å²) in [6, 6.07) is 6.57. The van der Waals surface area contributed by atoms with E-state index in [1.54, 1.807) is 7.11 Å². The largest absolute Gasteiger partial charge is 0.496 e. The first kappa shape index (κ1) is 15.1. The van der Waals surface area contributed by atoms with E-state index in [9.17, 15) is 0 Å². The zero-order valence-electron chi connectivity index (χ0n) is 11.4. The number of alkyl halides is 1. The van der Waals surface area contributed by atoms with E-state index in [1.165, 1.54) is 31.2 Å². The van der Waals surface area contributed by atoms with Crippen LogP contribution >= 0.6 is 27.5 Å². The lowest BCUT2D eigenvalue weighted by Gasteiger charge is -2.28. The highest BCUT2D eigenvalue weighted by molar-refractivity contribution is 9.09. The molecule has 1 aliphatic rings. The molecule has 0 bridgehead atoms. The quantitative estimate of drug-likeness (QED) is 0.704. The highest BCUT2D eigenvalue weighted by atomic mass is 79.9. The van der Waals surface area contributed by atoms with Gasteiger partial charge in [0.15, 0.2) is 0 Å². The van der Waals surface area contributed by atoms with Crippen LogP contribution in [0.1, 0.15) is 31.2 Å². The van der Waals surface area contributed by atoms with Crippen LogP contribution in [0.5, 0.6) is 5.75 Å². The number of nitrogens with zero attached hydrogens (tertiary/aromatic N) is 1. The van der Waals surface area contributed by atoms with E-state index in [0.717, 1.165) is 29.2 Å². The number of methoxy groups -OCH3 is 1. The highest BCUT2D eigenvalue weighted by Crippen LogP contribution is 2.29. The van der Waals surface area contributed by atoms with E-state index in [0.29, 0.717) is 6.04 Å². The van der Waals surface area contributed by atoms with Crippen LogP contribution < -0.4 is 4.74 Å². The Labute approximate surface area is 129 Å². The maximum Gasteiger partial charge on any atom is 0.123 e. The van der Waals surface area contributed by atoms with Crippen molar-refractivity contribution in [3.8, 4) is 5.75 Å². The first-order valence-corrected chi connectivity index (χ1v) is 8.37. The maximum absolute atomic E-state index is 6.11. The minimum Gasteiger partial charge on any atom is -0.496 e. The normalized spacial score (nSPS) is 16.2. The van der Waals surface area contributed by atoms with Crippen LogP contribution in [0, 0.1) is 0 Å². The summed E-state index contributed by atoms with van der Waals surface area (Å²) in [5, 5.41) is 1.79. The van der Waals surface area contributed by atoms with Gasteiger partial charge >= 0.3 is 0 Å². The second-order valence-electron chi connectivity index (χ2n) is 5.05. The highest BCUT2D eigenvalue weighted by Gasteiger charge is 2.23. The number of benzene rings is 1. The van der Waals surface area contributed by atoms with Crippen molar-refractivity contribution in [3.05, 3.63) is 28.8 Å². The monoisotopic (exact) mass is 345 g/mol. The summed E-state index contributed by atoms with van der Waals surface area (Å²) in [5.74, 6) is 0.932. The Balaban J connectivity index is 2.13. The van der Waals surface area contributed by atoms with E-state index in [2.05, 4.69) is 20.8 Å². The molecule has 0 amide bonds. The topological polar surface area (TPSA) is 12.5 Å². The van der Waals surface area contributed by atoms with E-state index < -0.39 is 0 Å². The Morgan fingerprint density at radius 3 is 2.74 bits per heavy atom. The molecule has 0 aromatic heterocycles. The molecule has 0 N–H and O–H groups in total. The average Bonchev–Trinajstić information content (AvgIpc) is 2.92. The number of hydrogen-bond donors (Lipinski definition) is 0. The van der Waals surface area contributed by atoms with Gasteiger partial charge in [-0.1, -0.05) is 40.4 Å². The van der Waals surface area contributed by atoms with Crippen molar-refractivity contribution in [2.75, 3.05) is 19.0 Å². The van der Waals surface area contributed by atoms with Gasteiger partial charge in [-0.3, -0.25) is 4.90 Å². The average molecular weight is 347 g/mol. The van der Waals surface area contributed by atoms with Crippen molar-refractivity contribution < 1.29 is 4.74 Å². The third kappa shape index (κ3) is 4.11. The van der Waals surface area contributed by atoms with Gasteiger partial charge in [-0.15, -0.1) is 0 Å². The predicted molar refractivity (Wildman–Crippen MR) is 84.5 cm³/mol. The van der Waals surface area contributed by atoms with Crippen molar-refractivity contribution in [3.63, 3.8) is 0 Å². The second-order valence-corrected chi connectivity index (χ2v) is 6.28. The maximum atomic E-state index is 6.11. The van der Waals surface area contributed by atoms with Gasteiger partial charge < -0.3 is 4.74 Å². The number of hydrogen-bond acceptors (Lipinski definition) is 2. The van der Waals surface area contributed by atoms with Gasteiger partial charge in [0.05, 0.1) is 7.11 Å². The van der Waals surface area contributed by atoms with Gasteiger partial charge in [0.2, 0.25) is 0 Å². The van der Waals surface area contributed by atoms with Crippen LogP contribution in [0.25, 0.3) is 0 Å². The molecule has 0 unspecified atom stereocenters. The molecule has 0 atom stereocenters. The summed E-state index contributed by atoms with van der Waals surface area (Å²) >= 11 is 9.67. The van der Waals surface area contributed by atoms with Crippen molar-refractivity contribution in [2.45, 2.75) is 38.3 Å². The molecule has 1 saturated carbocycles. The molecule has 1 fully saturated rings. The number of rotatable bonds is 6. The smallest absolute Gasteiger partial charge is 0.123 e. The van der Waals surface area contributed by atoms with Crippen LogP contribution in [0.2, 0.25) is 5.02 Å². The Morgan fingerprint density at radius 1 is 1.37 bits per heavy atom. The molecule has 1 aliphatic carbocycles. The molecule has 4 heteroatoms.